The molecule has 0 aliphatic carbocycles. The van der Waals surface area contributed by atoms with Crippen LogP contribution >= 0.6 is 0 Å². The summed E-state index contributed by atoms with van der Waals surface area (Å²) in [5.41, 5.74) is 2.61. The lowest BCUT2D eigenvalue weighted by Gasteiger charge is -2.33. The number of benzene rings is 1. The highest BCUT2D eigenvalue weighted by molar-refractivity contribution is 5.60. The Kier molecular flexibility index (Phi) is 4.04. The maximum Gasteiger partial charge on any atom is 0.142 e. The van der Waals surface area contributed by atoms with Crippen LogP contribution in [0.4, 0.5) is 5.69 Å². The van der Waals surface area contributed by atoms with Gasteiger partial charge in [-0.15, -0.1) is 0 Å². The van der Waals surface area contributed by atoms with Gasteiger partial charge in [0.25, 0.3) is 0 Å². The van der Waals surface area contributed by atoms with Crippen molar-refractivity contribution in [2.45, 2.75) is 45.7 Å². The zero-order chi connectivity index (χ0) is 14.0. The molecule has 2 rings (SSSR count). The molecule has 1 N–H and O–H groups in total. The topological polar surface area (TPSA) is 24.5 Å². The molecule has 1 fully saturated rings. The molecule has 0 saturated carbocycles. The minimum Gasteiger partial charge on any atom is -0.495 e. The molecule has 1 atom stereocenters. The van der Waals surface area contributed by atoms with Gasteiger partial charge in [-0.3, -0.25) is 0 Å². The third-order valence-electron chi connectivity index (χ3n) is 3.73. The van der Waals surface area contributed by atoms with Gasteiger partial charge in [-0.25, -0.2) is 0 Å². The van der Waals surface area contributed by atoms with Gasteiger partial charge in [-0.1, -0.05) is 6.07 Å². The molecule has 0 bridgehead atoms. The van der Waals surface area contributed by atoms with E-state index in [1.54, 1.807) is 7.11 Å². The summed E-state index contributed by atoms with van der Waals surface area (Å²) in [5, 5.41) is 3.69. The Morgan fingerprint density at radius 1 is 1.37 bits per heavy atom. The van der Waals surface area contributed by atoms with Gasteiger partial charge in [-0.2, -0.15) is 0 Å². The van der Waals surface area contributed by atoms with E-state index in [0.29, 0.717) is 6.04 Å². The molecule has 1 aromatic carbocycles. The van der Waals surface area contributed by atoms with Gasteiger partial charge in [0, 0.05) is 24.7 Å². The van der Waals surface area contributed by atoms with E-state index in [1.165, 1.54) is 11.3 Å². The molecule has 1 aliphatic heterocycles. The molecule has 0 amide bonds. The van der Waals surface area contributed by atoms with Crippen molar-refractivity contribution in [2.24, 2.45) is 0 Å². The Morgan fingerprint density at radius 2 is 2.11 bits per heavy atom. The average molecular weight is 262 g/mol. The fourth-order valence-corrected chi connectivity index (χ4v) is 2.94. The van der Waals surface area contributed by atoms with Crippen LogP contribution in [0.25, 0.3) is 0 Å². The first kappa shape index (κ1) is 14.2. The average Bonchev–Trinajstić information content (AvgIpc) is 2.46. The predicted octanol–water partition coefficient (Wildman–Crippen LogP) is 2.97. The molecule has 106 valence electrons. The summed E-state index contributed by atoms with van der Waals surface area (Å²) in [7, 11) is 1.75. The van der Waals surface area contributed by atoms with Crippen LogP contribution in [-0.2, 0) is 0 Å². The molecule has 1 heterocycles. The van der Waals surface area contributed by atoms with E-state index in [1.807, 2.05) is 0 Å². The molecule has 0 radical (unpaired) electrons. The highest BCUT2D eigenvalue weighted by Gasteiger charge is 2.28. The van der Waals surface area contributed by atoms with Gasteiger partial charge in [-0.05, 0) is 51.8 Å². The SMILES string of the molecule is COc1ccc(C)cc1N1CCC(C)NC(C)(C)C1. The van der Waals surface area contributed by atoms with E-state index < -0.39 is 0 Å². The number of anilines is 1. The molecule has 1 saturated heterocycles. The summed E-state index contributed by atoms with van der Waals surface area (Å²) >= 11 is 0. The largest absolute Gasteiger partial charge is 0.495 e. The maximum atomic E-state index is 5.53. The van der Waals surface area contributed by atoms with Gasteiger partial charge in [0.15, 0.2) is 0 Å². The van der Waals surface area contributed by atoms with Crippen LogP contribution in [0.2, 0.25) is 0 Å². The van der Waals surface area contributed by atoms with E-state index in [9.17, 15) is 0 Å². The first-order valence-corrected chi connectivity index (χ1v) is 7.08. The van der Waals surface area contributed by atoms with Crippen LogP contribution < -0.4 is 15.0 Å². The van der Waals surface area contributed by atoms with Crippen LogP contribution in [0.3, 0.4) is 0 Å². The van der Waals surface area contributed by atoms with Crippen molar-refractivity contribution in [1.29, 1.82) is 0 Å². The molecule has 1 aromatic rings. The number of hydrogen-bond donors (Lipinski definition) is 1. The number of methoxy groups -OCH3 is 1. The minimum absolute atomic E-state index is 0.116. The molecule has 3 nitrogen and oxygen atoms in total. The summed E-state index contributed by atoms with van der Waals surface area (Å²) < 4.78 is 5.53. The number of nitrogens with one attached hydrogen (secondary N) is 1. The van der Waals surface area contributed by atoms with Crippen molar-refractivity contribution >= 4 is 5.69 Å². The number of ether oxygens (including phenoxy) is 1. The van der Waals surface area contributed by atoms with Gasteiger partial charge in [0.2, 0.25) is 0 Å². The predicted molar refractivity (Wildman–Crippen MR) is 81.2 cm³/mol. The Hall–Kier alpha value is -1.22. The van der Waals surface area contributed by atoms with Gasteiger partial charge < -0.3 is 15.0 Å². The third kappa shape index (κ3) is 3.41. The second-order valence-corrected chi connectivity index (χ2v) is 6.31. The summed E-state index contributed by atoms with van der Waals surface area (Å²) in [6.07, 6.45) is 1.15. The standard InChI is InChI=1S/C16H26N2O/c1-12-6-7-15(19-5)14(10-12)18-9-8-13(2)17-16(3,4)11-18/h6-7,10,13,17H,8-9,11H2,1-5H3. The molecular formula is C16H26N2O. The fraction of sp³-hybridized carbons (Fsp3) is 0.625. The number of hydrogen-bond acceptors (Lipinski definition) is 3. The molecular weight excluding hydrogens is 236 g/mol. The molecule has 1 unspecified atom stereocenters. The molecule has 3 heteroatoms. The van der Waals surface area contributed by atoms with E-state index in [0.717, 1.165) is 25.3 Å². The van der Waals surface area contributed by atoms with E-state index in [4.69, 9.17) is 4.74 Å². The van der Waals surface area contributed by atoms with Crippen molar-refractivity contribution in [3.63, 3.8) is 0 Å². The van der Waals surface area contributed by atoms with Crippen LogP contribution in [0.5, 0.6) is 5.75 Å². The maximum absolute atomic E-state index is 5.53. The number of nitrogens with zero attached hydrogens (tertiary/aromatic N) is 1. The molecule has 1 aliphatic rings. The number of aryl methyl sites for hydroxylation is 1. The lowest BCUT2D eigenvalue weighted by atomic mass is 10.0. The van der Waals surface area contributed by atoms with Crippen molar-refractivity contribution < 1.29 is 4.74 Å². The normalized spacial score (nSPS) is 23.0. The van der Waals surface area contributed by atoms with E-state index in [2.05, 4.69) is 56.1 Å². The van der Waals surface area contributed by atoms with Crippen molar-refractivity contribution in [2.75, 3.05) is 25.1 Å². The molecule has 0 aromatic heterocycles. The highest BCUT2D eigenvalue weighted by Crippen LogP contribution is 2.31. The molecule has 0 spiro atoms. The second-order valence-electron chi connectivity index (χ2n) is 6.31. The van der Waals surface area contributed by atoms with Gasteiger partial charge in [0.05, 0.1) is 12.8 Å². The lowest BCUT2D eigenvalue weighted by Crippen LogP contribution is -2.48. The smallest absolute Gasteiger partial charge is 0.142 e. The van der Waals surface area contributed by atoms with Crippen LogP contribution in [0.1, 0.15) is 32.8 Å². The second kappa shape index (κ2) is 5.41. The quantitative estimate of drug-likeness (QED) is 0.887. The zero-order valence-electron chi connectivity index (χ0n) is 12.8. The summed E-state index contributed by atoms with van der Waals surface area (Å²) in [5.74, 6) is 0.968. The van der Waals surface area contributed by atoms with Crippen molar-refractivity contribution in [3.05, 3.63) is 23.8 Å². The third-order valence-corrected chi connectivity index (χ3v) is 3.73. The van der Waals surface area contributed by atoms with Crippen LogP contribution in [-0.4, -0.2) is 31.8 Å². The lowest BCUT2D eigenvalue weighted by molar-refractivity contribution is 0.367. The van der Waals surface area contributed by atoms with Gasteiger partial charge >= 0.3 is 0 Å². The fourth-order valence-electron chi connectivity index (χ4n) is 2.94. The summed E-state index contributed by atoms with van der Waals surface area (Å²) in [6.45, 7) is 11.0. The summed E-state index contributed by atoms with van der Waals surface area (Å²) in [6, 6.07) is 6.95. The highest BCUT2D eigenvalue weighted by atomic mass is 16.5. The van der Waals surface area contributed by atoms with E-state index in [-0.39, 0.29) is 5.54 Å². The van der Waals surface area contributed by atoms with Crippen molar-refractivity contribution in [1.82, 2.24) is 5.32 Å². The van der Waals surface area contributed by atoms with Crippen LogP contribution in [0.15, 0.2) is 18.2 Å². The summed E-state index contributed by atoms with van der Waals surface area (Å²) in [4.78, 5) is 2.45. The monoisotopic (exact) mass is 262 g/mol. The van der Waals surface area contributed by atoms with Crippen molar-refractivity contribution in [3.8, 4) is 5.75 Å². The van der Waals surface area contributed by atoms with Crippen LogP contribution in [0, 0.1) is 6.92 Å². The zero-order valence-corrected chi connectivity index (χ0v) is 12.8. The Morgan fingerprint density at radius 3 is 2.79 bits per heavy atom. The molecule has 19 heavy (non-hydrogen) atoms. The van der Waals surface area contributed by atoms with E-state index >= 15 is 0 Å². The Labute approximate surface area is 116 Å². The number of rotatable bonds is 2. The Balaban J connectivity index is 2.32. The first-order valence-electron chi connectivity index (χ1n) is 7.08. The Bertz CT molecular complexity index is 442. The first-order chi connectivity index (χ1) is 8.91. The van der Waals surface area contributed by atoms with Gasteiger partial charge in [0.1, 0.15) is 5.75 Å². The minimum atomic E-state index is 0.116.